The molecule has 2 aromatic rings. The van der Waals surface area contributed by atoms with Crippen molar-refractivity contribution in [2.24, 2.45) is 5.92 Å². The van der Waals surface area contributed by atoms with Crippen molar-refractivity contribution in [1.82, 2.24) is 14.9 Å². The van der Waals surface area contributed by atoms with Gasteiger partial charge in [-0.05, 0) is 44.1 Å². The average Bonchev–Trinajstić information content (AvgIpc) is 2.73. The summed E-state index contributed by atoms with van der Waals surface area (Å²) in [5.41, 5.74) is 1.94. The molecule has 0 unspecified atom stereocenters. The van der Waals surface area contributed by atoms with Crippen LogP contribution in [0, 0.1) is 5.92 Å². The third-order valence-corrected chi connectivity index (χ3v) is 5.49. The lowest BCUT2D eigenvalue weighted by molar-refractivity contribution is 0.0928. The second kappa shape index (κ2) is 9.60. The van der Waals surface area contributed by atoms with E-state index in [9.17, 15) is 4.79 Å². The number of aromatic nitrogens is 2. The number of likely N-dealkylation sites (tertiary alicyclic amines) is 1. The third-order valence-electron chi connectivity index (χ3n) is 4.75. The maximum Gasteiger partial charge on any atom is 0.409 e. The van der Waals surface area contributed by atoms with Crippen LogP contribution in [0.25, 0.3) is 11.3 Å². The van der Waals surface area contributed by atoms with E-state index < -0.39 is 0 Å². The summed E-state index contributed by atoms with van der Waals surface area (Å²) in [4.78, 5) is 23.8. The van der Waals surface area contributed by atoms with Crippen LogP contribution in [0.4, 0.5) is 10.6 Å². The Labute approximate surface area is 164 Å². The van der Waals surface area contributed by atoms with Gasteiger partial charge in [0, 0.05) is 30.1 Å². The van der Waals surface area contributed by atoms with Crippen LogP contribution in [-0.2, 0) is 4.74 Å². The number of nitrogens with one attached hydrogen (secondary N) is 1. The molecule has 1 fully saturated rings. The SMILES string of the molecule is CCOC(=O)N1CCC(CNc2cnc(-c3ccc(SC)cc3)cn2)CC1. The fourth-order valence-electron chi connectivity index (χ4n) is 3.11. The fourth-order valence-corrected chi connectivity index (χ4v) is 3.52. The summed E-state index contributed by atoms with van der Waals surface area (Å²) < 4.78 is 5.06. The van der Waals surface area contributed by atoms with Gasteiger partial charge in [0.2, 0.25) is 0 Å². The van der Waals surface area contributed by atoms with E-state index in [1.165, 1.54) is 4.90 Å². The quantitative estimate of drug-likeness (QED) is 0.753. The highest BCUT2D eigenvalue weighted by Gasteiger charge is 2.23. The lowest BCUT2D eigenvalue weighted by Gasteiger charge is -2.31. The highest BCUT2D eigenvalue weighted by atomic mass is 32.2. The van der Waals surface area contributed by atoms with Gasteiger partial charge in [-0.1, -0.05) is 12.1 Å². The number of thioether (sulfide) groups is 1. The lowest BCUT2D eigenvalue weighted by Crippen LogP contribution is -2.40. The number of hydrogen-bond donors (Lipinski definition) is 1. The Morgan fingerprint density at radius 2 is 1.96 bits per heavy atom. The summed E-state index contributed by atoms with van der Waals surface area (Å²) in [6.45, 7) is 4.60. The predicted molar refractivity (Wildman–Crippen MR) is 109 cm³/mol. The maximum absolute atomic E-state index is 11.7. The van der Waals surface area contributed by atoms with Gasteiger partial charge in [-0.2, -0.15) is 0 Å². The molecule has 1 aromatic carbocycles. The van der Waals surface area contributed by atoms with Crippen molar-refractivity contribution in [3.8, 4) is 11.3 Å². The molecule has 2 heterocycles. The fraction of sp³-hybridized carbons (Fsp3) is 0.450. The predicted octanol–water partition coefficient (Wildman–Crippen LogP) is 4.15. The molecular formula is C20H26N4O2S. The molecule has 1 amide bonds. The molecule has 7 heteroatoms. The van der Waals surface area contributed by atoms with Crippen molar-refractivity contribution in [2.45, 2.75) is 24.7 Å². The Morgan fingerprint density at radius 3 is 2.56 bits per heavy atom. The molecule has 6 nitrogen and oxygen atoms in total. The van der Waals surface area contributed by atoms with E-state index in [1.54, 1.807) is 29.1 Å². The Hall–Kier alpha value is -2.28. The second-order valence-electron chi connectivity index (χ2n) is 6.53. The zero-order valence-electron chi connectivity index (χ0n) is 15.9. The Bertz CT molecular complexity index is 729. The molecule has 0 spiro atoms. The van der Waals surface area contributed by atoms with E-state index in [2.05, 4.69) is 45.8 Å². The molecule has 144 valence electrons. The minimum atomic E-state index is -0.198. The molecule has 0 aliphatic carbocycles. The lowest BCUT2D eigenvalue weighted by atomic mass is 9.97. The molecule has 0 radical (unpaired) electrons. The van der Waals surface area contributed by atoms with Gasteiger partial charge in [0.1, 0.15) is 5.82 Å². The summed E-state index contributed by atoms with van der Waals surface area (Å²) in [5, 5.41) is 3.37. The van der Waals surface area contributed by atoms with Crippen molar-refractivity contribution in [2.75, 3.05) is 37.8 Å². The Kier molecular flexibility index (Phi) is 6.92. The molecule has 3 rings (SSSR count). The first kappa shape index (κ1) is 19.5. The number of piperidine rings is 1. The van der Waals surface area contributed by atoms with Gasteiger partial charge < -0.3 is 15.0 Å². The van der Waals surface area contributed by atoms with Crippen LogP contribution in [0.15, 0.2) is 41.6 Å². The average molecular weight is 387 g/mol. The van der Waals surface area contributed by atoms with E-state index in [0.717, 1.165) is 49.6 Å². The smallest absolute Gasteiger partial charge is 0.409 e. The number of anilines is 1. The maximum atomic E-state index is 11.7. The number of hydrogen-bond acceptors (Lipinski definition) is 6. The van der Waals surface area contributed by atoms with E-state index in [4.69, 9.17) is 4.74 Å². The van der Waals surface area contributed by atoms with Gasteiger partial charge in [0.25, 0.3) is 0 Å². The molecule has 0 atom stereocenters. The van der Waals surface area contributed by atoms with Crippen molar-refractivity contribution in [1.29, 1.82) is 0 Å². The molecule has 1 aliphatic rings. The molecular weight excluding hydrogens is 360 g/mol. The van der Waals surface area contributed by atoms with Crippen molar-refractivity contribution < 1.29 is 9.53 Å². The topological polar surface area (TPSA) is 67.3 Å². The van der Waals surface area contributed by atoms with E-state index in [0.29, 0.717) is 12.5 Å². The normalized spacial score (nSPS) is 14.8. The summed E-state index contributed by atoms with van der Waals surface area (Å²) in [6, 6.07) is 8.33. The molecule has 1 saturated heterocycles. The molecule has 1 aliphatic heterocycles. The van der Waals surface area contributed by atoms with Crippen LogP contribution in [-0.4, -0.2) is 53.5 Å². The largest absolute Gasteiger partial charge is 0.450 e. The summed E-state index contributed by atoms with van der Waals surface area (Å²) in [7, 11) is 0. The number of carbonyl (C=O) groups excluding carboxylic acids is 1. The number of amides is 1. The van der Waals surface area contributed by atoms with Crippen molar-refractivity contribution >= 4 is 23.7 Å². The molecule has 0 bridgehead atoms. The molecule has 0 saturated carbocycles. The molecule has 27 heavy (non-hydrogen) atoms. The van der Waals surface area contributed by atoms with Crippen molar-refractivity contribution in [3.63, 3.8) is 0 Å². The van der Waals surface area contributed by atoms with Gasteiger partial charge in [0.05, 0.1) is 24.7 Å². The van der Waals surface area contributed by atoms with Crippen LogP contribution >= 0.6 is 11.8 Å². The second-order valence-corrected chi connectivity index (χ2v) is 7.41. The Balaban J connectivity index is 1.47. The summed E-state index contributed by atoms with van der Waals surface area (Å²) >= 11 is 1.72. The van der Waals surface area contributed by atoms with E-state index in [1.807, 2.05) is 6.92 Å². The highest BCUT2D eigenvalue weighted by Crippen LogP contribution is 2.22. The van der Waals surface area contributed by atoms with E-state index >= 15 is 0 Å². The van der Waals surface area contributed by atoms with Gasteiger partial charge >= 0.3 is 6.09 Å². The zero-order valence-corrected chi connectivity index (χ0v) is 16.7. The summed E-state index contributed by atoms with van der Waals surface area (Å²) in [5.74, 6) is 1.31. The van der Waals surface area contributed by atoms with Gasteiger partial charge in [-0.3, -0.25) is 4.98 Å². The van der Waals surface area contributed by atoms with E-state index in [-0.39, 0.29) is 6.09 Å². The van der Waals surface area contributed by atoms with Crippen LogP contribution in [0.1, 0.15) is 19.8 Å². The van der Waals surface area contributed by atoms with Crippen LogP contribution in [0.3, 0.4) is 0 Å². The highest BCUT2D eigenvalue weighted by molar-refractivity contribution is 7.98. The Morgan fingerprint density at radius 1 is 1.22 bits per heavy atom. The van der Waals surface area contributed by atoms with Crippen LogP contribution in [0.5, 0.6) is 0 Å². The first-order valence-corrected chi connectivity index (χ1v) is 10.5. The minimum absolute atomic E-state index is 0.198. The van der Waals surface area contributed by atoms with Gasteiger partial charge in [-0.15, -0.1) is 11.8 Å². The standard InChI is InChI=1S/C20H26N4O2S/c1-3-26-20(25)24-10-8-15(9-11-24)12-22-19-14-21-18(13-23-19)16-4-6-17(27-2)7-5-16/h4-7,13-15H,3,8-12H2,1-2H3,(H,22,23). The number of ether oxygens (including phenoxy) is 1. The van der Waals surface area contributed by atoms with Crippen LogP contribution in [0.2, 0.25) is 0 Å². The number of nitrogens with zero attached hydrogens (tertiary/aromatic N) is 3. The van der Waals surface area contributed by atoms with Crippen LogP contribution < -0.4 is 5.32 Å². The summed E-state index contributed by atoms with van der Waals surface area (Å²) in [6.07, 6.45) is 7.40. The monoisotopic (exact) mass is 386 g/mol. The zero-order chi connectivity index (χ0) is 19.1. The van der Waals surface area contributed by atoms with Gasteiger partial charge in [0.15, 0.2) is 0 Å². The third kappa shape index (κ3) is 5.35. The first-order valence-electron chi connectivity index (χ1n) is 9.31. The first-order chi connectivity index (χ1) is 13.2. The van der Waals surface area contributed by atoms with Crippen molar-refractivity contribution in [3.05, 3.63) is 36.7 Å². The molecule has 1 aromatic heterocycles. The molecule has 1 N–H and O–H groups in total. The van der Waals surface area contributed by atoms with Gasteiger partial charge in [-0.25, -0.2) is 9.78 Å². The number of rotatable bonds is 6. The minimum Gasteiger partial charge on any atom is -0.450 e. The number of benzene rings is 1. The number of carbonyl (C=O) groups is 1.